The summed E-state index contributed by atoms with van der Waals surface area (Å²) < 4.78 is 67.8. The Bertz CT molecular complexity index is 497. The average Bonchev–Trinajstić information content (AvgIpc) is 2.51. The molecule has 0 aliphatic carbocycles. The fourth-order valence-electron chi connectivity index (χ4n) is 2.11. The Morgan fingerprint density at radius 2 is 1.92 bits per heavy atom. The number of hydrogen-bond donors (Lipinski definition) is 3. The molecule has 0 aromatic carbocycles. The van der Waals surface area contributed by atoms with Gasteiger partial charge in [0.2, 0.25) is 10.0 Å². The number of alkyl halides is 3. The predicted molar refractivity (Wildman–Crippen MR) is 101 cm³/mol. The van der Waals surface area contributed by atoms with Crippen LogP contribution in [0.15, 0.2) is 4.99 Å². The number of guanidine groups is 1. The lowest BCUT2D eigenvalue weighted by Crippen LogP contribution is -2.43. The van der Waals surface area contributed by atoms with Crippen molar-refractivity contribution in [2.45, 2.75) is 38.0 Å². The highest BCUT2D eigenvalue weighted by molar-refractivity contribution is 14.0. The Labute approximate surface area is 163 Å². The topological polar surface area (TPSA) is 91.8 Å². The number of halogens is 4. The standard InChI is InChI=1S/C13H25F3N4O3S.HI/c1-17-12(18-6-5-13(14,15)16)19-7-9-24(21,22)20-10-11-4-2-3-8-23-11;/h11,20H,2-10H2,1H3,(H2,17,18,19);1H. The normalized spacial score (nSPS) is 19.2. The molecule has 7 nitrogen and oxygen atoms in total. The number of hydrogen-bond acceptors (Lipinski definition) is 4. The summed E-state index contributed by atoms with van der Waals surface area (Å²) in [5.41, 5.74) is 0. The van der Waals surface area contributed by atoms with E-state index in [4.69, 9.17) is 4.74 Å². The van der Waals surface area contributed by atoms with E-state index in [0.717, 1.165) is 19.3 Å². The maximum Gasteiger partial charge on any atom is 0.390 e. The molecule has 1 saturated heterocycles. The molecule has 1 aliphatic rings. The van der Waals surface area contributed by atoms with Gasteiger partial charge in [-0.2, -0.15) is 13.2 Å². The Balaban J connectivity index is 0.00000576. The number of aliphatic imine (C=N–C) groups is 1. The highest BCUT2D eigenvalue weighted by atomic mass is 127. The second-order valence-electron chi connectivity index (χ2n) is 5.45. The zero-order valence-electron chi connectivity index (χ0n) is 14.1. The monoisotopic (exact) mass is 502 g/mol. The minimum Gasteiger partial charge on any atom is -0.377 e. The Hall–Kier alpha value is -0.340. The SMILES string of the molecule is CN=C(NCCC(F)(F)F)NCCS(=O)(=O)NCC1CCCCO1.I. The molecule has 0 spiro atoms. The van der Waals surface area contributed by atoms with Gasteiger partial charge in [0.05, 0.1) is 18.3 Å². The van der Waals surface area contributed by atoms with Crippen LogP contribution in [-0.4, -0.2) is 65.7 Å². The summed E-state index contributed by atoms with van der Waals surface area (Å²) in [6, 6.07) is 0. The molecular weight excluding hydrogens is 476 g/mol. The summed E-state index contributed by atoms with van der Waals surface area (Å²) in [4.78, 5) is 3.74. The zero-order valence-corrected chi connectivity index (χ0v) is 17.2. The van der Waals surface area contributed by atoms with Crippen molar-refractivity contribution < 1.29 is 26.3 Å². The third-order valence-corrected chi connectivity index (χ3v) is 4.74. The lowest BCUT2D eigenvalue weighted by molar-refractivity contribution is -0.132. The van der Waals surface area contributed by atoms with Crippen molar-refractivity contribution in [1.29, 1.82) is 0 Å². The molecule has 1 unspecified atom stereocenters. The van der Waals surface area contributed by atoms with Crippen molar-refractivity contribution in [1.82, 2.24) is 15.4 Å². The van der Waals surface area contributed by atoms with E-state index in [1.807, 2.05) is 0 Å². The average molecular weight is 502 g/mol. The lowest BCUT2D eigenvalue weighted by atomic mass is 10.1. The van der Waals surface area contributed by atoms with Crippen LogP contribution in [0, 0.1) is 0 Å². The predicted octanol–water partition coefficient (Wildman–Crippen LogP) is 1.21. The minimum atomic E-state index is -4.25. The minimum absolute atomic E-state index is 0. The van der Waals surface area contributed by atoms with Crippen LogP contribution < -0.4 is 15.4 Å². The van der Waals surface area contributed by atoms with Crippen molar-refractivity contribution >= 4 is 40.0 Å². The summed E-state index contributed by atoms with van der Waals surface area (Å²) in [6.45, 7) is 0.592. The van der Waals surface area contributed by atoms with Crippen LogP contribution in [-0.2, 0) is 14.8 Å². The van der Waals surface area contributed by atoms with Crippen LogP contribution in [0.4, 0.5) is 13.2 Å². The van der Waals surface area contributed by atoms with E-state index in [-0.39, 0.29) is 61.4 Å². The van der Waals surface area contributed by atoms with Crippen LogP contribution in [0.2, 0.25) is 0 Å². The molecule has 1 heterocycles. The zero-order chi connectivity index (χ0) is 18.1. The molecule has 0 aromatic heterocycles. The number of ether oxygens (including phenoxy) is 1. The van der Waals surface area contributed by atoms with Gasteiger partial charge in [0, 0.05) is 33.3 Å². The fourth-order valence-corrected chi connectivity index (χ4v) is 3.06. The number of rotatable bonds is 8. The van der Waals surface area contributed by atoms with Crippen LogP contribution in [0.1, 0.15) is 25.7 Å². The third kappa shape index (κ3) is 12.6. The Kier molecular flexibility index (Phi) is 12.0. The second-order valence-corrected chi connectivity index (χ2v) is 7.37. The maximum absolute atomic E-state index is 12.1. The van der Waals surface area contributed by atoms with Gasteiger partial charge in [-0.05, 0) is 19.3 Å². The summed E-state index contributed by atoms with van der Waals surface area (Å²) in [6.07, 6.45) is -2.49. The van der Waals surface area contributed by atoms with Gasteiger partial charge in [-0.1, -0.05) is 0 Å². The van der Waals surface area contributed by atoms with Gasteiger partial charge in [0.25, 0.3) is 0 Å². The van der Waals surface area contributed by atoms with Gasteiger partial charge >= 0.3 is 6.18 Å². The van der Waals surface area contributed by atoms with Crippen molar-refractivity contribution in [3.05, 3.63) is 0 Å². The van der Waals surface area contributed by atoms with Gasteiger partial charge in [-0.15, -0.1) is 24.0 Å². The van der Waals surface area contributed by atoms with E-state index < -0.39 is 22.6 Å². The molecule has 12 heteroatoms. The first-order chi connectivity index (χ1) is 11.2. The van der Waals surface area contributed by atoms with Gasteiger partial charge in [0.1, 0.15) is 0 Å². The highest BCUT2D eigenvalue weighted by Crippen LogP contribution is 2.18. The van der Waals surface area contributed by atoms with E-state index >= 15 is 0 Å². The van der Waals surface area contributed by atoms with Crippen LogP contribution in [0.3, 0.4) is 0 Å². The first-order valence-corrected chi connectivity index (χ1v) is 9.47. The van der Waals surface area contributed by atoms with Gasteiger partial charge in [0.15, 0.2) is 5.96 Å². The lowest BCUT2D eigenvalue weighted by Gasteiger charge is -2.22. The maximum atomic E-state index is 12.1. The Morgan fingerprint density at radius 1 is 1.24 bits per heavy atom. The number of nitrogens with zero attached hydrogens (tertiary/aromatic N) is 1. The van der Waals surface area contributed by atoms with E-state index in [1.54, 1.807) is 0 Å². The molecule has 1 atom stereocenters. The van der Waals surface area contributed by atoms with Crippen molar-refractivity contribution in [3.63, 3.8) is 0 Å². The molecule has 1 fully saturated rings. The molecule has 0 radical (unpaired) electrons. The quantitative estimate of drug-likeness (QED) is 0.264. The molecule has 150 valence electrons. The van der Waals surface area contributed by atoms with Crippen LogP contribution in [0.5, 0.6) is 0 Å². The van der Waals surface area contributed by atoms with Gasteiger partial charge in [-0.25, -0.2) is 13.1 Å². The molecule has 1 rings (SSSR count). The van der Waals surface area contributed by atoms with Crippen molar-refractivity contribution in [2.75, 3.05) is 39.0 Å². The van der Waals surface area contributed by atoms with Crippen molar-refractivity contribution in [3.8, 4) is 0 Å². The largest absolute Gasteiger partial charge is 0.390 e. The van der Waals surface area contributed by atoms with E-state index in [9.17, 15) is 21.6 Å². The first-order valence-electron chi connectivity index (χ1n) is 7.82. The third-order valence-electron chi connectivity index (χ3n) is 3.39. The van der Waals surface area contributed by atoms with E-state index in [1.165, 1.54) is 7.05 Å². The summed E-state index contributed by atoms with van der Waals surface area (Å²) in [7, 11) is -2.08. The summed E-state index contributed by atoms with van der Waals surface area (Å²) in [5.74, 6) is -0.0790. The van der Waals surface area contributed by atoms with Gasteiger partial charge < -0.3 is 15.4 Å². The first kappa shape index (κ1) is 24.7. The van der Waals surface area contributed by atoms with Crippen LogP contribution >= 0.6 is 24.0 Å². The molecule has 3 N–H and O–H groups in total. The molecule has 0 saturated carbocycles. The smallest absolute Gasteiger partial charge is 0.377 e. The highest BCUT2D eigenvalue weighted by Gasteiger charge is 2.26. The fraction of sp³-hybridized carbons (Fsp3) is 0.923. The molecule has 0 aromatic rings. The van der Waals surface area contributed by atoms with Crippen LogP contribution in [0.25, 0.3) is 0 Å². The molecule has 25 heavy (non-hydrogen) atoms. The molecular formula is C13H26F3IN4O3S. The van der Waals surface area contributed by atoms with Crippen molar-refractivity contribution in [2.24, 2.45) is 4.99 Å². The molecule has 0 bridgehead atoms. The Morgan fingerprint density at radius 3 is 2.48 bits per heavy atom. The summed E-state index contributed by atoms with van der Waals surface area (Å²) >= 11 is 0. The molecule has 1 aliphatic heterocycles. The second kappa shape index (κ2) is 12.1. The molecule has 0 amide bonds. The number of sulfonamides is 1. The summed E-state index contributed by atoms with van der Waals surface area (Å²) in [5, 5.41) is 5.15. The van der Waals surface area contributed by atoms with E-state index in [2.05, 4.69) is 20.3 Å². The van der Waals surface area contributed by atoms with E-state index in [0.29, 0.717) is 6.61 Å². The number of nitrogens with one attached hydrogen (secondary N) is 3. The van der Waals surface area contributed by atoms with Gasteiger partial charge in [-0.3, -0.25) is 4.99 Å².